The van der Waals surface area contributed by atoms with E-state index in [4.69, 9.17) is 3.50 Å². The van der Waals surface area contributed by atoms with Crippen molar-refractivity contribution in [3.63, 3.8) is 0 Å². The van der Waals surface area contributed by atoms with E-state index in [0.717, 1.165) is 0 Å². The van der Waals surface area contributed by atoms with Crippen molar-refractivity contribution in [2.75, 3.05) is 0 Å². The fraction of sp³-hybridized carbons (Fsp3) is 0.567. The Morgan fingerprint density at radius 3 is 1.20 bits per heavy atom. The van der Waals surface area contributed by atoms with E-state index in [1.165, 1.54) is 22.4 Å². The van der Waals surface area contributed by atoms with Gasteiger partial charge in [0.25, 0.3) is 11.3 Å². The first-order valence-electron chi connectivity index (χ1n) is 13.4. The summed E-state index contributed by atoms with van der Waals surface area (Å²) in [6, 6.07) is 17.4. The second kappa shape index (κ2) is 15.9. The Bertz CT molecular complexity index is 1210. The third-order valence-electron chi connectivity index (χ3n) is 6.51. The van der Waals surface area contributed by atoms with Crippen molar-refractivity contribution in [1.82, 2.24) is 0 Å². The summed E-state index contributed by atoms with van der Waals surface area (Å²) in [5.41, 5.74) is -4.55. The maximum absolute atomic E-state index is 11.9. The molecule has 2 unspecified atom stereocenters. The minimum Gasteiger partial charge on any atom is -0.796 e. The number of rotatable bonds is 7. The molecule has 0 amide bonds. The predicted molar refractivity (Wildman–Crippen MR) is 143 cm³/mol. The second-order valence-electron chi connectivity index (χ2n) is 11.5. The smallest absolute Gasteiger partial charge is 0.426 e. The van der Waals surface area contributed by atoms with Crippen LogP contribution in [0.2, 0.25) is 0 Å². The molecular formula is C30H35F12MoNO2. The van der Waals surface area contributed by atoms with Gasteiger partial charge in [-0.2, -0.15) is 26.3 Å². The van der Waals surface area contributed by atoms with E-state index >= 15 is 0 Å². The molecule has 3 nitrogen and oxygen atoms in total. The van der Waals surface area contributed by atoms with Gasteiger partial charge in [0.05, 0.1) is 0 Å². The van der Waals surface area contributed by atoms with Gasteiger partial charge in [-0.3, -0.25) is 0 Å². The molecule has 0 aliphatic heterocycles. The first kappa shape index (κ1) is 43.9. The zero-order valence-electron chi connectivity index (χ0n) is 26.1. The molecule has 46 heavy (non-hydrogen) atoms. The minimum atomic E-state index is -5.85. The van der Waals surface area contributed by atoms with Crippen molar-refractivity contribution < 1.29 is 80.8 Å². The van der Waals surface area contributed by atoms with Gasteiger partial charge in [-0.15, -0.1) is 0 Å². The van der Waals surface area contributed by atoms with Crippen molar-refractivity contribution in [2.24, 2.45) is 3.50 Å². The van der Waals surface area contributed by atoms with Crippen LogP contribution in [0, 0.1) is 0 Å². The van der Waals surface area contributed by atoms with Gasteiger partial charge in [0.1, 0.15) is 0 Å². The zero-order valence-corrected chi connectivity index (χ0v) is 28.1. The Kier molecular flexibility index (Phi) is 15.1. The average molecular weight is 766 g/mol. The van der Waals surface area contributed by atoms with Gasteiger partial charge < -0.3 is 10.2 Å². The molecule has 0 N–H and O–H groups in total. The van der Waals surface area contributed by atoms with Gasteiger partial charge in [0.2, 0.25) is 12.2 Å². The molecular weight excluding hydrogens is 730 g/mol. The van der Waals surface area contributed by atoms with Crippen molar-refractivity contribution in [3.05, 3.63) is 65.2 Å². The van der Waals surface area contributed by atoms with Crippen LogP contribution in [0.5, 0.6) is 0 Å². The van der Waals surface area contributed by atoms with Crippen LogP contribution in [0.1, 0.15) is 83.9 Å². The monoisotopic (exact) mass is 767 g/mol. The molecule has 0 fully saturated rings. The van der Waals surface area contributed by atoms with E-state index < -0.39 is 67.7 Å². The fourth-order valence-corrected chi connectivity index (χ4v) is 4.98. The van der Waals surface area contributed by atoms with E-state index in [0.29, 0.717) is 11.8 Å². The maximum atomic E-state index is 11.9. The van der Waals surface area contributed by atoms with Gasteiger partial charge >= 0.3 is 168 Å². The molecule has 2 atom stereocenters. The molecule has 0 heterocycles. The van der Waals surface area contributed by atoms with Crippen LogP contribution in [0.4, 0.5) is 58.4 Å². The van der Waals surface area contributed by atoms with Gasteiger partial charge in [-0.1, -0.05) is 0 Å². The second-order valence-corrected chi connectivity index (χ2v) is 13.1. The van der Waals surface area contributed by atoms with Crippen LogP contribution >= 0.6 is 0 Å². The van der Waals surface area contributed by atoms with Gasteiger partial charge in [0.15, 0.2) is 0 Å². The van der Waals surface area contributed by atoms with Crippen molar-refractivity contribution in [2.45, 2.75) is 109 Å². The van der Waals surface area contributed by atoms with Crippen LogP contribution in [-0.4, -0.2) is 40.3 Å². The summed E-state index contributed by atoms with van der Waals surface area (Å²) >= 11 is -0.553. The normalized spacial score (nSPS) is 15.4. The SMILES string of the molecule is CC(C)c1cccc(C(C)C)c1[N]=[Mo+2]=[CH]C(C)(C)c1ccccc1.CC(F)(C([O-])(F)F)C(F)(F)F.CC(F)(C([O-])(F)F)C(F)(F)F. The van der Waals surface area contributed by atoms with Crippen LogP contribution in [0.25, 0.3) is 0 Å². The third kappa shape index (κ3) is 11.8. The van der Waals surface area contributed by atoms with Crippen LogP contribution in [0.15, 0.2) is 52.0 Å². The zero-order chi connectivity index (χ0) is 36.7. The molecule has 262 valence electrons. The Hall–Kier alpha value is -2.12. The summed E-state index contributed by atoms with van der Waals surface area (Å²) in [6.45, 7) is 12.6. The van der Waals surface area contributed by atoms with Crippen LogP contribution < -0.4 is 10.2 Å². The largest absolute Gasteiger partial charge is 0.796 e. The summed E-state index contributed by atoms with van der Waals surface area (Å²) in [5.74, 6) is 1.02. The minimum absolute atomic E-state index is 0.0811. The Morgan fingerprint density at radius 1 is 0.587 bits per heavy atom. The van der Waals surface area contributed by atoms with Crippen LogP contribution in [0.3, 0.4) is 0 Å². The summed E-state index contributed by atoms with van der Waals surface area (Å²) in [7, 11) is 0. The molecule has 2 aromatic carbocycles. The van der Waals surface area contributed by atoms with E-state index in [1.807, 2.05) is 0 Å². The van der Waals surface area contributed by atoms with Crippen molar-refractivity contribution in [3.8, 4) is 0 Å². The molecule has 0 aromatic heterocycles. The third-order valence-corrected chi connectivity index (χ3v) is 8.92. The molecule has 0 saturated heterocycles. The summed E-state index contributed by atoms with van der Waals surface area (Å²) in [6.07, 6.45) is -23.0. The first-order valence-corrected chi connectivity index (χ1v) is 15.5. The summed E-state index contributed by atoms with van der Waals surface area (Å²) < 4.78 is 144. The number of halogens is 12. The Morgan fingerprint density at radius 2 is 0.935 bits per heavy atom. The van der Waals surface area contributed by atoms with Crippen molar-refractivity contribution >= 4 is 10.1 Å². The number of alkyl halides is 12. The van der Waals surface area contributed by atoms with E-state index in [-0.39, 0.29) is 5.41 Å². The van der Waals surface area contributed by atoms with Gasteiger partial charge in [-0.05, 0) is 13.8 Å². The fourth-order valence-electron chi connectivity index (χ4n) is 3.09. The number of benzene rings is 2. The molecule has 2 aromatic rings. The Balaban J connectivity index is 0.000000769. The van der Waals surface area contributed by atoms with Gasteiger partial charge in [-0.25, -0.2) is 26.3 Å². The Labute approximate surface area is 267 Å². The summed E-state index contributed by atoms with van der Waals surface area (Å²) in [5, 5.41) is 18.7. The molecule has 0 spiro atoms. The van der Waals surface area contributed by atoms with Gasteiger partial charge in [0, 0.05) is 0 Å². The van der Waals surface area contributed by atoms with E-state index in [1.54, 1.807) is 0 Å². The van der Waals surface area contributed by atoms with E-state index in [9.17, 15) is 62.9 Å². The molecule has 0 saturated carbocycles. The number of hydrogen-bond acceptors (Lipinski definition) is 3. The van der Waals surface area contributed by atoms with Crippen molar-refractivity contribution in [1.29, 1.82) is 0 Å². The topological polar surface area (TPSA) is 58.5 Å². The van der Waals surface area contributed by atoms with E-state index in [2.05, 4.69) is 94.5 Å². The number of hydrogen-bond donors (Lipinski definition) is 0. The first-order chi connectivity index (χ1) is 20.3. The molecule has 2 rings (SSSR count). The quantitative estimate of drug-likeness (QED) is 0.209. The molecule has 0 aliphatic rings. The number of nitrogens with zero attached hydrogens (tertiary/aromatic N) is 1. The molecule has 0 bridgehead atoms. The maximum Gasteiger partial charge on any atom is 0.426 e. The molecule has 0 radical (unpaired) electrons. The van der Waals surface area contributed by atoms with Crippen LogP contribution in [-0.2, 0) is 23.3 Å². The predicted octanol–water partition coefficient (Wildman–Crippen LogP) is 9.07. The standard InChI is InChI=1S/C12H17N.C10H12.2C4H3F6O.Mo/c1-8(2)10-6-5-7-11(9(3)4)12(10)13;1-10(2,3)9-7-5-4-6-8-9;2*1-2(5,3(6,7)8)4(9,10)11;/h5-9H,1-4H3;1,4-8H,2-3H3;2*1H3;/q;;2*-1;+2. The molecule has 0 aliphatic carbocycles. The summed E-state index contributed by atoms with van der Waals surface area (Å²) in [4.78, 5) is 0. The molecule has 16 heteroatoms. The average Bonchev–Trinajstić information content (AvgIpc) is 2.87.